The Kier molecular flexibility index (Phi) is 4.88. The summed E-state index contributed by atoms with van der Waals surface area (Å²) >= 11 is 0. The van der Waals surface area contributed by atoms with Gasteiger partial charge in [0.2, 0.25) is 5.91 Å². The third-order valence-electron chi connectivity index (χ3n) is 4.13. The molecule has 20 heavy (non-hydrogen) atoms. The fourth-order valence-corrected chi connectivity index (χ4v) is 2.78. The predicted molar refractivity (Wildman–Crippen MR) is 76.9 cm³/mol. The Hall–Kier alpha value is -1.71. The highest BCUT2D eigenvalue weighted by atomic mass is 16.2. The Morgan fingerprint density at radius 1 is 1.45 bits per heavy atom. The average molecular weight is 274 g/mol. The third-order valence-corrected chi connectivity index (χ3v) is 4.13. The number of nitrogens with zero attached hydrogens (tertiary/aromatic N) is 1. The quantitative estimate of drug-likeness (QED) is 0.918. The van der Waals surface area contributed by atoms with Crippen molar-refractivity contribution in [1.82, 2.24) is 10.3 Å². The molecule has 1 saturated carbocycles. The van der Waals surface area contributed by atoms with Crippen molar-refractivity contribution in [3.63, 3.8) is 0 Å². The van der Waals surface area contributed by atoms with Crippen LogP contribution in [0.2, 0.25) is 0 Å². The van der Waals surface area contributed by atoms with E-state index in [1.54, 1.807) is 12.4 Å². The van der Waals surface area contributed by atoms with Gasteiger partial charge in [-0.1, -0.05) is 13.8 Å². The minimum atomic E-state index is -0.0291. The SMILES string of the molecule is CC[C@H](NC(=O)[C@H]1CCC(=O)[C@@H](C)C1)c1ccncc1. The van der Waals surface area contributed by atoms with E-state index in [2.05, 4.69) is 17.2 Å². The largest absolute Gasteiger partial charge is 0.349 e. The van der Waals surface area contributed by atoms with Gasteiger partial charge < -0.3 is 5.32 Å². The normalized spacial score (nSPS) is 24.2. The number of Topliss-reactive ketones (excluding diaryl/α,β-unsaturated/α-hetero) is 1. The monoisotopic (exact) mass is 274 g/mol. The highest BCUT2D eigenvalue weighted by Gasteiger charge is 2.30. The van der Waals surface area contributed by atoms with Crippen molar-refractivity contribution in [3.8, 4) is 0 Å². The van der Waals surface area contributed by atoms with Crippen LogP contribution >= 0.6 is 0 Å². The molecule has 1 heterocycles. The van der Waals surface area contributed by atoms with Gasteiger partial charge in [-0.15, -0.1) is 0 Å². The molecule has 1 aliphatic carbocycles. The van der Waals surface area contributed by atoms with Crippen LogP contribution in [0.4, 0.5) is 0 Å². The van der Waals surface area contributed by atoms with Crippen LogP contribution in [-0.2, 0) is 9.59 Å². The minimum absolute atomic E-state index is 0.0144. The standard InChI is InChI=1S/C16H22N2O2/c1-3-14(12-6-8-17-9-7-12)18-16(20)13-4-5-15(19)11(2)10-13/h6-9,11,13-14H,3-5,10H2,1-2H3,(H,18,20)/t11-,13-,14-/m0/s1. The molecular weight excluding hydrogens is 252 g/mol. The van der Waals surface area contributed by atoms with Crippen LogP contribution in [-0.4, -0.2) is 16.7 Å². The number of nitrogens with one attached hydrogen (secondary N) is 1. The van der Waals surface area contributed by atoms with Crippen LogP contribution in [0.15, 0.2) is 24.5 Å². The summed E-state index contributed by atoms with van der Waals surface area (Å²) in [5.74, 6) is 0.349. The molecule has 0 saturated heterocycles. The van der Waals surface area contributed by atoms with Crippen molar-refractivity contribution >= 4 is 11.7 Å². The molecule has 0 aromatic carbocycles. The Labute approximate surface area is 120 Å². The summed E-state index contributed by atoms with van der Waals surface area (Å²) in [5.41, 5.74) is 1.08. The summed E-state index contributed by atoms with van der Waals surface area (Å²) in [6.07, 6.45) is 6.22. The summed E-state index contributed by atoms with van der Waals surface area (Å²) in [7, 11) is 0. The lowest BCUT2D eigenvalue weighted by Gasteiger charge is -2.27. The summed E-state index contributed by atoms with van der Waals surface area (Å²) in [6, 6.07) is 3.89. The summed E-state index contributed by atoms with van der Waals surface area (Å²) < 4.78 is 0. The molecule has 1 amide bonds. The second-order valence-corrected chi connectivity index (χ2v) is 5.59. The van der Waals surface area contributed by atoms with Crippen LogP contribution < -0.4 is 5.32 Å². The highest BCUT2D eigenvalue weighted by molar-refractivity contribution is 5.86. The van der Waals surface area contributed by atoms with E-state index in [0.717, 1.165) is 12.0 Å². The maximum absolute atomic E-state index is 12.4. The molecule has 1 aliphatic rings. The first-order valence-corrected chi connectivity index (χ1v) is 7.34. The van der Waals surface area contributed by atoms with Crippen LogP contribution in [0, 0.1) is 11.8 Å². The number of ketones is 1. The lowest BCUT2D eigenvalue weighted by atomic mass is 9.81. The molecule has 4 heteroatoms. The third kappa shape index (κ3) is 3.44. The molecule has 0 spiro atoms. The predicted octanol–water partition coefficient (Wildman–Crippen LogP) is 2.65. The maximum Gasteiger partial charge on any atom is 0.223 e. The minimum Gasteiger partial charge on any atom is -0.349 e. The van der Waals surface area contributed by atoms with E-state index in [-0.39, 0.29) is 29.6 Å². The maximum atomic E-state index is 12.4. The van der Waals surface area contributed by atoms with E-state index in [4.69, 9.17) is 0 Å². The van der Waals surface area contributed by atoms with Crippen molar-refractivity contribution < 1.29 is 9.59 Å². The average Bonchev–Trinajstić information content (AvgIpc) is 2.48. The number of pyridine rings is 1. The Bertz CT molecular complexity index is 473. The van der Waals surface area contributed by atoms with Gasteiger partial charge in [0, 0.05) is 30.7 Å². The van der Waals surface area contributed by atoms with E-state index in [0.29, 0.717) is 19.3 Å². The number of amides is 1. The number of rotatable bonds is 4. The fourth-order valence-electron chi connectivity index (χ4n) is 2.78. The second kappa shape index (κ2) is 6.64. The number of hydrogen-bond acceptors (Lipinski definition) is 3. The first-order valence-electron chi connectivity index (χ1n) is 7.34. The molecule has 1 fully saturated rings. The van der Waals surface area contributed by atoms with E-state index in [1.165, 1.54) is 0 Å². The molecule has 0 bridgehead atoms. The zero-order valence-electron chi connectivity index (χ0n) is 12.1. The van der Waals surface area contributed by atoms with Gasteiger partial charge in [0.15, 0.2) is 0 Å². The zero-order chi connectivity index (χ0) is 14.5. The van der Waals surface area contributed by atoms with Crippen LogP contribution in [0.5, 0.6) is 0 Å². The Morgan fingerprint density at radius 2 is 2.15 bits per heavy atom. The number of aromatic nitrogens is 1. The van der Waals surface area contributed by atoms with Gasteiger partial charge in [-0.3, -0.25) is 14.6 Å². The van der Waals surface area contributed by atoms with Crippen molar-refractivity contribution in [1.29, 1.82) is 0 Å². The van der Waals surface area contributed by atoms with Crippen molar-refractivity contribution in [2.45, 2.75) is 45.6 Å². The summed E-state index contributed by atoms with van der Waals surface area (Å²) in [6.45, 7) is 3.97. The molecule has 0 aliphatic heterocycles. The van der Waals surface area contributed by atoms with Gasteiger partial charge in [0.05, 0.1) is 6.04 Å². The van der Waals surface area contributed by atoms with Crippen molar-refractivity contribution in [2.24, 2.45) is 11.8 Å². The van der Waals surface area contributed by atoms with Crippen molar-refractivity contribution in [3.05, 3.63) is 30.1 Å². The van der Waals surface area contributed by atoms with Crippen molar-refractivity contribution in [2.75, 3.05) is 0 Å². The molecule has 1 aromatic heterocycles. The number of carbonyl (C=O) groups excluding carboxylic acids is 2. The molecule has 108 valence electrons. The van der Waals surface area contributed by atoms with Gasteiger partial charge >= 0.3 is 0 Å². The molecule has 0 unspecified atom stereocenters. The number of carbonyl (C=O) groups is 2. The highest BCUT2D eigenvalue weighted by Crippen LogP contribution is 2.27. The van der Waals surface area contributed by atoms with E-state index in [1.807, 2.05) is 19.1 Å². The summed E-state index contributed by atoms with van der Waals surface area (Å²) in [4.78, 5) is 27.9. The fraction of sp³-hybridized carbons (Fsp3) is 0.562. The van der Waals surface area contributed by atoms with Gasteiger partial charge in [-0.2, -0.15) is 0 Å². The second-order valence-electron chi connectivity index (χ2n) is 5.59. The molecular formula is C16H22N2O2. The van der Waals surface area contributed by atoms with Crippen LogP contribution in [0.25, 0.3) is 0 Å². The molecule has 0 radical (unpaired) electrons. The van der Waals surface area contributed by atoms with Gasteiger partial charge in [-0.05, 0) is 37.0 Å². The summed E-state index contributed by atoms with van der Waals surface area (Å²) in [5, 5.41) is 3.11. The van der Waals surface area contributed by atoms with E-state index >= 15 is 0 Å². The van der Waals surface area contributed by atoms with Crippen LogP contribution in [0.1, 0.15) is 51.1 Å². The van der Waals surface area contributed by atoms with Gasteiger partial charge in [0.25, 0.3) is 0 Å². The molecule has 1 N–H and O–H groups in total. The smallest absolute Gasteiger partial charge is 0.223 e. The topological polar surface area (TPSA) is 59.1 Å². The first kappa shape index (κ1) is 14.7. The first-order chi connectivity index (χ1) is 9.61. The molecule has 2 rings (SSSR count). The lowest BCUT2D eigenvalue weighted by molar-refractivity contribution is -0.131. The lowest BCUT2D eigenvalue weighted by Crippen LogP contribution is -2.37. The zero-order valence-corrected chi connectivity index (χ0v) is 12.1. The molecule has 1 aromatic rings. The molecule has 3 atom stereocenters. The van der Waals surface area contributed by atoms with E-state index in [9.17, 15) is 9.59 Å². The Balaban J connectivity index is 1.98. The van der Waals surface area contributed by atoms with Gasteiger partial charge in [0.1, 0.15) is 5.78 Å². The molecule has 4 nitrogen and oxygen atoms in total. The van der Waals surface area contributed by atoms with E-state index < -0.39 is 0 Å². The number of hydrogen-bond donors (Lipinski definition) is 1. The Morgan fingerprint density at radius 3 is 2.75 bits per heavy atom. The van der Waals surface area contributed by atoms with Gasteiger partial charge in [-0.25, -0.2) is 0 Å². The van der Waals surface area contributed by atoms with Crippen LogP contribution in [0.3, 0.4) is 0 Å².